The van der Waals surface area contributed by atoms with Gasteiger partial charge >= 0.3 is 0 Å². The third-order valence-corrected chi connectivity index (χ3v) is 5.91. The van der Waals surface area contributed by atoms with Gasteiger partial charge in [0.05, 0.1) is 12.1 Å². The van der Waals surface area contributed by atoms with E-state index in [0.29, 0.717) is 25.3 Å². The van der Waals surface area contributed by atoms with E-state index in [1.807, 2.05) is 20.8 Å². The average molecular weight is 395 g/mol. The number of amides is 3. The summed E-state index contributed by atoms with van der Waals surface area (Å²) >= 11 is 0. The lowest BCUT2D eigenvalue weighted by atomic mass is 9.80. The van der Waals surface area contributed by atoms with E-state index in [2.05, 4.69) is 10.6 Å². The summed E-state index contributed by atoms with van der Waals surface area (Å²) < 4.78 is 0. The Kier molecular flexibility index (Phi) is 7.20. The SMILES string of the molecule is CNC(C(=O)N1CCC[C@H]1C(=O)NC(CC1CCC1)C(=O)C(N)=O)C(C)(C)C. The van der Waals surface area contributed by atoms with Crippen LogP contribution in [0.2, 0.25) is 0 Å². The maximum Gasteiger partial charge on any atom is 0.287 e. The van der Waals surface area contributed by atoms with Crippen molar-refractivity contribution in [2.45, 2.75) is 77.4 Å². The zero-order valence-corrected chi connectivity index (χ0v) is 17.4. The maximum atomic E-state index is 13.0. The molecule has 3 amide bonds. The van der Waals surface area contributed by atoms with Gasteiger partial charge in [-0.05, 0) is 37.6 Å². The number of likely N-dealkylation sites (tertiary alicyclic amines) is 1. The molecule has 2 aliphatic rings. The van der Waals surface area contributed by atoms with Gasteiger partial charge in [-0.2, -0.15) is 0 Å². The molecule has 28 heavy (non-hydrogen) atoms. The van der Waals surface area contributed by atoms with Crippen LogP contribution in [0.15, 0.2) is 0 Å². The molecule has 0 bridgehead atoms. The van der Waals surface area contributed by atoms with Crippen molar-refractivity contribution in [3.05, 3.63) is 0 Å². The zero-order valence-electron chi connectivity index (χ0n) is 17.4. The predicted molar refractivity (Wildman–Crippen MR) is 105 cm³/mol. The van der Waals surface area contributed by atoms with Crippen molar-refractivity contribution >= 4 is 23.5 Å². The van der Waals surface area contributed by atoms with Crippen LogP contribution in [-0.4, -0.2) is 60.1 Å². The molecule has 1 heterocycles. The summed E-state index contributed by atoms with van der Waals surface area (Å²) in [5.74, 6) is -1.98. The van der Waals surface area contributed by atoms with E-state index in [1.165, 1.54) is 0 Å². The first-order valence-corrected chi connectivity index (χ1v) is 10.2. The van der Waals surface area contributed by atoms with Crippen molar-refractivity contribution in [1.82, 2.24) is 15.5 Å². The van der Waals surface area contributed by atoms with E-state index in [0.717, 1.165) is 25.7 Å². The lowest BCUT2D eigenvalue weighted by Gasteiger charge is -2.35. The molecule has 1 aliphatic carbocycles. The number of carbonyl (C=O) groups excluding carboxylic acids is 4. The molecule has 8 nitrogen and oxygen atoms in total. The van der Waals surface area contributed by atoms with Gasteiger partial charge in [0.1, 0.15) is 6.04 Å². The Hall–Kier alpha value is -1.96. The topological polar surface area (TPSA) is 122 Å². The molecule has 8 heteroatoms. The molecular weight excluding hydrogens is 360 g/mol. The van der Waals surface area contributed by atoms with Crippen molar-refractivity contribution in [3.63, 3.8) is 0 Å². The third kappa shape index (κ3) is 5.10. The lowest BCUT2D eigenvalue weighted by molar-refractivity contribution is -0.143. The van der Waals surface area contributed by atoms with E-state index in [1.54, 1.807) is 11.9 Å². The highest BCUT2D eigenvalue weighted by Crippen LogP contribution is 2.31. The van der Waals surface area contributed by atoms with Crippen molar-refractivity contribution in [2.75, 3.05) is 13.6 Å². The molecule has 1 aliphatic heterocycles. The van der Waals surface area contributed by atoms with Crippen LogP contribution in [0.1, 0.15) is 59.3 Å². The summed E-state index contributed by atoms with van der Waals surface area (Å²) in [6, 6.07) is -1.95. The van der Waals surface area contributed by atoms with Gasteiger partial charge in [0.15, 0.2) is 0 Å². The minimum Gasteiger partial charge on any atom is -0.363 e. The van der Waals surface area contributed by atoms with Gasteiger partial charge in [-0.3, -0.25) is 19.2 Å². The monoisotopic (exact) mass is 394 g/mol. The Morgan fingerprint density at radius 3 is 2.21 bits per heavy atom. The fourth-order valence-corrected chi connectivity index (χ4v) is 4.13. The van der Waals surface area contributed by atoms with Gasteiger partial charge < -0.3 is 21.3 Å². The van der Waals surface area contributed by atoms with Gasteiger partial charge in [-0.25, -0.2) is 0 Å². The van der Waals surface area contributed by atoms with E-state index in [4.69, 9.17) is 5.73 Å². The van der Waals surface area contributed by atoms with Crippen LogP contribution in [0.3, 0.4) is 0 Å². The number of likely N-dealkylation sites (N-methyl/N-ethyl adjacent to an activating group) is 1. The number of ketones is 1. The van der Waals surface area contributed by atoms with Crippen LogP contribution in [-0.2, 0) is 19.2 Å². The molecule has 0 aromatic carbocycles. The molecule has 0 aromatic rings. The van der Waals surface area contributed by atoms with Crippen LogP contribution in [0.25, 0.3) is 0 Å². The smallest absolute Gasteiger partial charge is 0.287 e. The Morgan fingerprint density at radius 1 is 1.11 bits per heavy atom. The first-order chi connectivity index (χ1) is 13.1. The minimum absolute atomic E-state index is 0.121. The highest BCUT2D eigenvalue weighted by atomic mass is 16.2. The predicted octanol–water partition coefficient (Wildman–Crippen LogP) is 0.341. The van der Waals surface area contributed by atoms with Crippen LogP contribution in [0.4, 0.5) is 0 Å². The quantitative estimate of drug-likeness (QED) is 0.513. The standard InChI is InChI=1S/C20H34N4O4/c1-20(2,3)16(22-4)19(28)24-10-6-9-14(24)18(27)23-13(15(25)17(21)26)11-12-7-5-8-12/h12-14,16,22H,5-11H2,1-4H3,(H2,21,26)(H,23,27)/t13?,14-,16?/m0/s1. The van der Waals surface area contributed by atoms with E-state index in [-0.39, 0.29) is 17.2 Å². The molecule has 0 spiro atoms. The van der Waals surface area contributed by atoms with Gasteiger partial charge in [0.25, 0.3) is 5.91 Å². The number of hydrogen-bond donors (Lipinski definition) is 3. The first kappa shape index (κ1) is 22.3. The van der Waals surface area contributed by atoms with Gasteiger partial charge in [-0.1, -0.05) is 40.0 Å². The normalized spacial score (nSPS) is 22.3. The van der Waals surface area contributed by atoms with Crippen molar-refractivity contribution < 1.29 is 19.2 Å². The molecule has 158 valence electrons. The Balaban J connectivity index is 2.10. The number of Topliss-reactive ketones (excluding diaryl/α,β-unsaturated/α-hetero) is 1. The average Bonchev–Trinajstić information content (AvgIpc) is 3.04. The van der Waals surface area contributed by atoms with Crippen LogP contribution < -0.4 is 16.4 Å². The summed E-state index contributed by atoms with van der Waals surface area (Å²) in [5, 5.41) is 5.77. The Labute approximate surface area is 167 Å². The molecule has 4 N–H and O–H groups in total. The van der Waals surface area contributed by atoms with Crippen LogP contribution in [0.5, 0.6) is 0 Å². The number of nitrogens with two attached hydrogens (primary N) is 1. The minimum atomic E-state index is -1.04. The number of nitrogens with zero attached hydrogens (tertiary/aromatic N) is 1. The van der Waals surface area contributed by atoms with Gasteiger partial charge in [0.2, 0.25) is 17.6 Å². The number of nitrogens with one attached hydrogen (secondary N) is 2. The van der Waals surface area contributed by atoms with E-state index < -0.39 is 29.8 Å². The molecule has 3 atom stereocenters. The second kappa shape index (κ2) is 9.03. The molecule has 0 radical (unpaired) electrons. The number of carbonyl (C=O) groups is 4. The first-order valence-electron chi connectivity index (χ1n) is 10.2. The van der Waals surface area contributed by atoms with Gasteiger partial charge in [0, 0.05) is 6.54 Å². The second-order valence-electron chi connectivity index (χ2n) is 9.10. The molecule has 2 fully saturated rings. The molecule has 1 saturated carbocycles. The van der Waals surface area contributed by atoms with Crippen LogP contribution >= 0.6 is 0 Å². The molecule has 2 rings (SSSR count). The molecule has 0 aromatic heterocycles. The fraction of sp³-hybridized carbons (Fsp3) is 0.800. The van der Waals surface area contributed by atoms with E-state index >= 15 is 0 Å². The van der Waals surface area contributed by atoms with Crippen molar-refractivity contribution in [2.24, 2.45) is 17.1 Å². The second-order valence-corrected chi connectivity index (χ2v) is 9.10. The summed E-state index contributed by atoms with van der Waals surface area (Å²) in [6.45, 7) is 6.41. The summed E-state index contributed by atoms with van der Waals surface area (Å²) in [5.41, 5.74) is 4.87. The maximum absolute atomic E-state index is 13.0. The highest BCUT2D eigenvalue weighted by Gasteiger charge is 2.41. The summed E-state index contributed by atoms with van der Waals surface area (Å²) in [7, 11) is 1.74. The summed E-state index contributed by atoms with van der Waals surface area (Å²) in [4.78, 5) is 51.1. The number of hydrogen-bond acceptors (Lipinski definition) is 5. The van der Waals surface area contributed by atoms with Crippen LogP contribution in [0, 0.1) is 11.3 Å². The zero-order chi connectivity index (χ0) is 21.1. The number of primary amides is 1. The van der Waals surface area contributed by atoms with Crippen molar-refractivity contribution in [1.29, 1.82) is 0 Å². The largest absolute Gasteiger partial charge is 0.363 e. The molecular formula is C20H34N4O4. The lowest BCUT2D eigenvalue weighted by Crippen LogP contribution is -2.57. The number of rotatable bonds is 8. The van der Waals surface area contributed by atoms with E-state index in [9.17, 15) is 19.2 Å². The molecule has 1 saturated heterocycles. The third-order valence-electron chi connectivity index (χ3n) is 5.91. The Morgan fingerprint density at radius 2 is 1.75 bits per heavy atom. The fourth-order valence-electron chi connectivity index (χ4n) is 4.13. The highest BCUT2D eigenvalue weighted by molar-refractivity contribution is 6.37. The summed E-state index contributed by atoms with van der Waals surface area (Å²) in [6.07, 6.45) is 4.76. The Bertz CT molecular complexity index is 624. The van der Waals surface area contributed by atoms with Crippen molar-refractivity contribution in [3.8, 4) is 0 Å². The molecule has 2 unspecified atom stereocenters. The van der Waals surface area contributed by atoms with Gasteiger partial charge in [-0.15, -0.1) is 0 Å².